The number of carbonyl (C=O) groups is 2. The van der Waals surface area contributed by atoms with E-state index in [9.17, 15) is 9.59 Å². The molecule has 9 nitrogen and oxygen atoms in total. The predicted molar refractivity (Wildman–Crippen MR) is 112 cm³/mol. The Balaban J connectivity index is 1.76. The molecule has 0 aliphatic carbocycles. The molecule has 0 saturated heterocycles. The molecule has 4 heterocycles. The number of nitrogens with one attached hydrogen (secondary N) is 1. The minimum absolute atomic E-state index is 0.207. The average molecular weight is 423 g/mol. The van der Waals surface area contributed by atoms with Crippen molar-refractivity contribution in [2.45, 2.75) is 26.1 Å². The van der Waals surface area contributed by atoms with E-state index in [1.54, 1.807) is 50.2 Å². The lowest BCUT2D eigenvalue weighted by Crippen LogP contribution is -2.42. The van der Waals surface area contributed by atoms with Gasteiger partial charge in [0, 0.05) is 26.8 Å². The third kappa shape index (κ3) is 3.98. The fourth-order valence-corrected chi connectivity index (χ4v) is 3.77. The molecule has 2 amide bonds. The average Bonchev–Trinajstić information content (AvgIpc) is 3.48. The van der Waals surface area contributed by atoms with Gasteiger partial charge in [-0.25, -0.2) is 4.68 Å². The van der Waals surface area contributed by atoms with E-state index in [-0.39, 0.29) is 18.4 Å². The number of hydrogen-bond donors (Lipinski definition) is 1. The molecule has 1 aliphatic rings. The van der Waals surface area contributed by atoms with Gasteiger partial charge >= 0.3 is 0 Å². The summed E-state index contributed by atoms with van der Waals surface area (Å²) in [6, 6.07) is 6.17. The maximum atomic E-state index is 13.4. The van der Waals surface area contributed by atoms with Crippen LogP contribution in [0.4, 0.5) is 0 Å². The summed E-state index contributed by atoms with van der Waals surface area (Å²) in [5.41, 5.74) is 1.68. The largest absolute Gasteiger partial charge is 0.473 e. The molecule has 1 N–H and O–H groups in total. The smallest absolute Gasteiger partial charge is 0.271 e. The van der Waals surface area contributed by atoms with Gasteiger partial charge in [-0.1, -0.05) is 6.08 Å². The monoisotopic (exact) mass is 423 g/mol. The molecule has 3 aromatic rings. The van der Waals surface area contributed by atoms with Gasteiger partial charge < -0.3 is 23.9 Å². The Kier molecular flexibility index (Phi) is 5.66. The fourth-order valence-electron chi connectivity index (χ4n) is 3.77. The molecule has 1 aliphatic heterocycles. The zero-order chi connectivity index (χ0) is 22.0. The van der Waals surface area contributed by atoms with Crippen molar-refractivity contribution in [3.8, 4) is 5.88 Å². The normalized spacial score (nSPS) is 17.7. The van der Waals surface area contributed by atoms with Gasteiger partial charge in [0.25, 0.3) is 5.91 Å². The van der Waals surface area contributed by atoms with Crippen LogP contribution in [0.3, 0.4) is 0 Å². The van der Waals surface area contributed by atoms with Crippen molar-refractivity contribution in [2.24, 2.45) is 7.05 Å². The number of carbonyl (C=O) groups excluding carboxylic acids is 2. The van der Waals surface area contributed by atoms with Gasteiger partial charge in [0.05, 0.1) is 24.1 Å². The molecule has 9 heteroatoms. The van der Waals surface area contributed by atoms with Crippen molar-refractivity contribution >= 4 is 11.8 Å². The number of aryl methyl sites for hydroxylation is 2. The summed E-state index contributed by atoms with van der Waals surface area (Å²) in [7, 11) is 3.38. The van der Waals surface area contributed by atoms with Crippen LogP contribution in [0.1, 0.15) is 33.5 Å². The molecule has 0 saturated carbocycles. The lowest BCUT2D eigenvalue weighted by molar-refractivity contribution is -0.125. The number of ether oxygens (including phenoxy) is 1. The first-order chi connectivity index (χ1) is 15.0. The van der Waals surface area contributed by atoms with Gasteiger partial charge in [0.1, 0.15) is 24.1 Å². The molecule has 4 rings (SSSR count). The number of allylic oxidation sites excluding steroid dienone is 1. The first kappa shape index (κ1) is 20.5. The van der Waals surface area contributed by atoms with Gasteiger partial charge in [0.15, 0.2) is 0 Å². The van der Waals surface area contributed by atoms with Crippen molar-refractivity contribution in [1.29, 1.82) is 0 Å². The molecule has 1 unspecified atom stereocenters. The van der Waals surface area contributed by atoms with Crippen LogP contribution in [-0.2, 0) is 24.9 Å². The van der Waals surface area contributed by atoms with E-state index < -0.39 is 6.04 Å². The summed E-state index contributed by atoms with van der Waals surface area (Å²) in [6.07, 6.45) is 7.21. The van der Waals surface area contributed by atoms with Crippen molar-refractivity contribution in [1.82, 2.24) is 24.6 Å². The molecular formula is C22H25N5O4. The van der Waals surface area contributed by atoms with E-state index >= 15 is 0 Å². The van der Waals surface area contributed by atoms with Crippen LogP contribution in [0.2, 0.25) is 0 Å². The number of furan rings is 1. The number of hydrogen-bond acceptors (Lipinski definition) is 5. The fraction of sp³-hybridized carbons (Fsp3) is 0.318. The highest BCUT2D eigenvalue weighted by Gasteiger charge is 2.36. The van der Waals surface area contributed by atoms with E-state index in [2.05, 4.69) is 10.4 Å². The summed E-state index contributed by atoms with van der Waals surface area (Å²) in [5.74, 6) is 0.454. The Hall–Kier alpha value is -3.75. The molecule has 1 atom stereocenters. The summed E-state index contributed by atoms with van der Waals surface area (Å²) < 4.78 is 14.7. The summed E-state index contributed by atoms with van der Waals surface area (Å²) in [5, 5.41) is 7.32. The van der Waals surface area contributed by atoms with Crippen LogP contribution in [0.25, 0.3) is 0 Å². The number of rotatable bonds is 3. The second-order valence-electron chi connectivity index (χ2n) is 7.37. The number of likely N-dealkylation sites (N-methyl/N-ethyl adjacent to an activating group) is 1. The quantitative estimate of drug-likeness (QED) is 0.652. The Morgan fingerprint density at radius 2 is 2.10 bits per heavy atom. The second-order valence-corrected chi connectivity index (χ2v) is 7.37. The second kappa shape index (κ2) is 8.55. The number of amides is 2. The standard InChI is InChI=1S/C22H25N5O4/c1-15-18-19(20(28)23-14-16-8-7-13-30-16)25(2)21(29)17-9-6-11-27(17)10-4-5-12-31-22(18)26(3)24-15/h4-9,11,13,19H,10,12,14H2,1-3H3,(H,23,28)/b5-4-. The number of aromatic nitrogens is 3. The predicted octanol–water partition coefficient (Wildman–Crippen LogP) is 2.20. The van der Waals surface area contributed by atoms with E-state index in [4.69, 9.17) is 9.15 Å². The molecule has 0 fully saturated rings. The van der Waals surface area contributed by atoms with Crippen LogP contribution < -0.4 is 10.1 Å². The third-order valence-electron chi connectivity index (χ3n) is 5.29. The van der Waals surface area contributed by atoms with Crippen LogP contribution >= 0.6 is 0 Å². The maximum absolute atomic E-state index is 13.4. The van der Waals surface area contributed by atoms with E-state index in [0.717, 1.165) is 0 Å². The van der Waals surface area contributed by atoms with Crippen molar-refractivity contribution in [3.05, 3.63) is 71.6 Å². The van der Waals surface area contributed by atoms with Gasteiger partial charge in [0.2, 0.25) is 11.8 Å². The maximum Gasteiger partial charge on any atom is 0.271 e. The van der Waals surface area contributed by atoms with Gasteiger partial charge in [-0.3, -0.25) is 9.59 Å². The third-order valence-corrected chi connectivity index (χ3v) is 5.29. The highest BCUT2D eigenvalue weighted by atomic mass is 16.5. The molecule has 0 bridgehead atoms. The minimum atomic E-state index is -0.932. The van der Waals surface area contributed by atoms with Crippen LogP contribution in [0, 0.1) is 6.92 Å². The van der Waals surface area contributed by atoms with E-state index in [1.165, 1.54) is 4.90 Å². The SMILES string of the molecule is Cc1nn(C)c2c1C(C(=O)NCc1ccco1)N(C)C(=O)c1cccn1C/C=C\CO2. The zero-order valence-corrected chi connectivity index (χ0v) is 17.7. The Bertz CT molecular complexity index is 1110. The molecule has 0 aromatic carbocycles. The van der Waals surface area contributed by atoms with Crippen LogP contribution in [0.15, 0.2) is 53.3 Å². The lowest BCUT2D eigenvalue weighted by Gasteiger charge is -2.28. The van der Waals surface area contributed by atoms with E-state index in [1.807, 2.05) is 29.0 Å². The Morgan fingerprint density at radius 3 is 2.87 bits per heavy atom. The minimum Gasteiger partial charge on any atom is -0.473 e. The highest BCUT2D eigenvalue weighted by molar-refractivity contribution is 5.97. The van der Waals surface area contributed by atoms with Crippen molar-refractivity contribution in [3.63, 3.8) is 0 Å². The Morgan fingerprint density at radius 1 is 1.26 bits per heavy atom. The number of fused-ring (bicyclic) bond motifs is 2. The summed E-state index contributed by atoms with van der Waals surface area (Å²) >= 11 is 0. The van der Waals surface area contributed by atoms with Crippen molar-refractivity contribution < 1.29 is 18.7 Å². The van der Waals surface area contributed by atoms with Gasteiger partial charge in [-0.2, -0.15) is 5.10 Å². The van der Waals surface area contributed by atoms with Crippen molar-refractivity contribution in [2.75, 3.05) is 13.7 Å². The first-order valence-corrected chi connectivity index (χ1v) is 10.0. The topological polar surface area (TPSA) is 94.5 Å². The Labute approximate surface area is 179 Å². The molecule has 0 spiro atoms. The molecule has 162 valence electrons. The highest BCUT2D eigenvalue weighted by Crippen LogP contribution is 2.33. The van der Waals surface area contributed by atoms with Gasteiger partial charge in [-0.15, -0.1) is 0 Å². The van der Waals surface area contributed by atoms with Crippen LogP contribution in [-0.4, -0.2) is 44.7 Å². The molecule has 31 heavy (non-hydrogen) atoms. The molecular weight excluding hydrogens is 398 g/mol. The van der Waals surface area contributed by atoms with Gasteiger partial charge in [-0.05, 0) is 37.3 Å². The lowest BCUT2D eigenvalue weighted by atomic mass is 10.0. The summed E-state index contributed by atoms with van der Waals surface area (Å²) in [6.45, 7) is 2.86. The summed E-state index contributed by atoms with van der Waals surface area (Å²) in [4.78, 5) is 28.2. The van der Waals surface area contributed by atoms with E-state index in [0.29, 0.717) is 41.7 Å². The first-order valence-electron chi connectivity index (χ1n) is 10.0. The zero-order valence-electron chi connectivity index (χ0n) is 17.7. The van der Waals surface area contributed by atoms with Crippen LogP contribution in [0.5, 0.6) is 5.88 Å². The number of nitrogens with zero attached hydrogens (tertiary/aromatic N) is 4. The molecule has 3 aromatic heterocycles. The molecule has 0 radical (unpaired) electrons.